The van der Waals surface area contributed by atoms with E-state index in [0.717, 1.165) is 0 Å². The van der Waals surface area contributed by atoms with Gasteiger partial charge in [0.15, 0.2) is 0 Å². The zero-order chi connectivity index (χ0) is 11.0. The van der Waals surface area contributed by atoms with Crippen LogP contribution >= 0.6 is 0 Å². The Hall–Kier alpha value is -1.85. The molecule has 1 N–H and O–H groups in total. The number of carboxylic acids is 1. The molecule has 1 saturated heterocycles. The molecule has 0 atom stereocenters. The largest absolute Gasteiger partial charge is 0.481 e. The quantitative estimate of drug-likeness (QED) is 0.717. The molecule has 2 rings (SSSR count). The fourth-order valence-corrected chi connectivity index (χ4v) is 1.55. The molecule has 80 valence electrons. The van der Waals surface area contributed by atoms with Gasteiger partial charge < -0.3 is 10.0 Å². The fraction of sp³-hybridized carbons (Fsp3) is 0.444. The maximum atomic E-state index is 11.7. The molecule has 1 aliphatic rings. The standard InChI is InChI=1S/C9H11N3O3/c1-11-7(2-3-10-11)8(13)12-4-6(5-12)9(14)15/h2-3,6H,4-5H2,1H3,(H,14,15). The Balaban J connectivity index is 2.01. The van der Waals surface area contributed by atoms with E-state index in [1.807, 2.05) is 0 Å². The molecule has 0 spiro atoms. The average Bonchev–Trinajstić information content (AvgIpc) is 2.47. The van der Waals surface area contributed by atoms with E-state index in [-0.39, 0.29) is 5.91 Å². The van der Waals surface area contributed by atoms with E-state index in [4.69, 9.17) is 5.11 Å². The van der Waals surface area contributed by atoms with Crippen molar-refractivity contribution in [1.82, 2.24) is 14.7 Å². The number of aryl methyl sites for hydroxylation is 1. The van der Waals surface area contributed by atoms with Crippen LogP contribution in [0.25, 0.3) is 0 Å². The van der Waals surface area contributed by atoms with E-state index >= 15 is 0 Å². The van der Waals surface area contributed by atoms with Crippen LogP contribution in [0, 0.1) is 5.92 Å². The number of hydrogen-bond donors (Lipinski definition) is 1. The molecule has 15 heavy (non-hydrogen) atoms. The van der Waals surface area contributed by atoms with Crippen LogP contribution in [0.2, 0.25) is 0 Å². The molecule has 1 aromatic rings. The highest BCUT2D eigenvalue weighted by Crippen LogP contribution is 2.18. The van der Waals surface area contributed by atoms with Crippen molar-refractivity contribution in [2.75, 3.05) is 13.1 Å². The zero-order valence-electron chi connectivity index (χ0n) is 8.25. The Morgan fingerprint density at radius 1 is 1.53 bits per heavy atom. The number of aromatic nitrogens is 2. The van der Waals surface area contributed by atoms with Crippen LogP contribution in [0.4, 0.5) is 0 Å². The summed E-state index contributed by atoms with van der Waals surface area (Å²) in [5.41, 5.74) is 0.485. The summed E-state index contributed by atoms with van der Waals surface area (Å²) in [6.45, 7) is 0.582. The van der Waals surface area contributed by atoms with Crippen LogP contribution in [0.15, 0.2) is 12.3 Å². The molecule has 0 bridgehead atoms. The molecule has 1 amide bonds. The molecule has 0 aromatic carbocycles. The van der Waals surface area contributed by atoms with E-state index in [0.29, 0.717) is 18.8 Å². The highest BCUT2D eigenvalue weighted by atomic mass is 16.4. The molecule has 1 aliphatic heterocycles. The molecule has 1 aromatic heterocycles. The van der Waals surface area contributed by atoms with Crippen LogP contribution < -0.4 is 0 Å². The third-order valence-electron chi connectivity index (χ3n) is 2.56. The van der Waals surface area contributed by atoms with Gasteiger partial charge in [-0.2, -0.15) is 5.10 Å². The molecular weight excluding hydrogens is 198 g/mol. The normalized spacial score (nSPS) is 16.2. The van der Waals surface area contributed by atoms with E-state index < -0.39 is 11.9 Å². The van der Waals surface area contributed by atoms with Crippen LogP contribution in [0.3, 0.4) is 0 Å². The van der Waals surface area contributed by atoms with Crippen molar-refractivity contribution in [3.05, 3.63) is 18.0 Å². The lowest BCUT2D eigenvalue weighted by molar-refractivity contribution is -0.146. The highest BCUT2D eigenvalue weighted by molar-refractivity contribution is 5.94. The lowest BCUT2D eigenvalue weighted by Crippen LogP contribution is -2.53. The first kappa shape index (κ1) is 9.70. The summed E-state index contributed by atoms with van der Waals surface area (Å²) in [5.74, 6) is -1.42. The van der Waals surface area contributed by atoms with E-state index in [1.54, 1.807) is 19.3 Å². The lowest BCUT2D eigenvalue weighted by Gasteiger charge is -2.36. The number of nitrogens with zero attached hydrogens (tertiary/aromatic N) is 3. The van der Waals surface area contributed by atoms with Crippen molar-refractivity contribution < 1.29 is 14.7 Å². The van der Waals surface area contributed by atoms with Crippen molar-refractivity contribution in [2.45, 2.75) is 0 Å². The van der Waals surface area contributed by atoms with Gasteiger partial charge in [-0.3, -0.25) is 14.3 Å². The van der Waals surface area contributed by atoms with Crippen molar-refractivity contribution in [2.24, 2.45) is 13.0 Å². The van der Waals surface area contributed by atoms with Crippen LogP contribution in [0.1, 0.15) is 10.5 Å². The summed E-state index contributed by atoms with van der Waals surface area (Å²) in [5, 5.41) is 12.5. The average molecular weight is 209 g/mol. The Kier molecular flexibility index (Phi) is 2.18. The van der Waals surface area contributed by atoms with Gasteiger partial charge in [-0.25, -0.2) is 0 Å². The molecular formula is C9H11N3O3. The Bertz CT molecular complexity index is 406. The summed E-state index contributed by atoms with van der Waals surface area (Å²) in [6, 6.07) is 1.62. The van der Waals surface area contributed by atoms with Crippen molar-refractivity contribution in [3.8, 4) is 0 Å². The van der Waals surface area contributed by atoms with Gasteiger partial charge in [-0.05, 0) is 6.07 Å². The van der Waals surface area contributed by atoms with Gasteiger partial charge in [0, 0.05) is 26.3 Å². The molecule has 0 radical (unpaired) electrons. The number of amides is 1. The Labute approximate surface area is 86.1 Å². The van der Waals surface area contributed by atoms with E-state index in [1.165, 1.54) is 9.58 Å². The predicted octanol–water partition coefficient (Wildman–Crippen LogP) is -0.423. The summed E-state index contributed by atoms with van der Waals surface area (Å²) < 4.78 is 1.48. The van der Waals surface area contributed by atoms with Crippen molar-refractivity contribution in [1.29, 1.82) is 0 Å². The number of rotatable bonds is 2. The second kappa shape index (κ2) is 3.38. The first-order chi connectivity index (χ1) is 7.09. The van der Waals surface area contributed by atoms with Gasteiger partial charge in [-0.15, -0.1) is 0 Å². The second-order valence-electron chi connectivity index (χ2n) is 3.59. The van der Waals surface area contributed by atoms with Crippen LogP contribution in [0.5, 0.6) is 0 Å². The first-order valence-corrected chi connectivity index (χ1v) is 4.59. The van der Waals surface area contributed by atoms with Gasteiger partial charge in [0.05, 0.1) is 5.92 Å². The third-order valence-corrected chi connectivity index (χ3v) is 2.56. The summed E-state index contributed by atoms with van der Waals surface area (Å²) >= 11 is 0. The maximum absolute atomic E-state index is 11.7. The van der Waals surface area contributed by atoms with Crippen molar-refractivity contribution >= 4 is 11.9 Å². The summed E-state index contributed by atoms with van der Waals surface area (Å²) in [6.07, 6.45) is 1.54. The third kappa shape index (κ3) is 1.58. The van der Waals surface area contributed by atoms with Gasteiger partial charge >= 0.3 is 5.97 Å². The Morgan fingerprint density at radius 2 is 2.20 bits per heavy atom. The van der Waals surface area contributed by atoms with Crippen LogP contribution in [-0.2, 0) is 11.8 Å². The summed E-state index contributed by atoms with van der Waals surface area (Å²) in [4.78, 5) is 23.8. The van der Waals surface area contributed by atoms with E-state index in [9.17, 15) is 9.59 Å². The SMILES string of the molecule is Cn1nccc1C(=O)N1CC(C(=O)O)C1. The molecule has 1 fully saturated rings. The monoisotopic (exact) mass is 209 g/mol. The lowest BCUT2D eigenvalue weighted by atomic mass is 10.0. The first-order valence-electron chi connectivity index (χ1n) is 4.59. The number of carbonyl (C=O) groups excluding carboxylic acids is 1. The molecule has 6 nitrogen and oxygen atoms in total. The minimum atomic E-state index is -0.843. The smallest absolute Gasteiger partial charge is 0.310 e. The Morgan fingerprint density at radius 3 is 2.67 bits per heavy atom. The zero-order valence-corrected chi connectivity index (χ0v) is 8.25. The number of hydrogen-bond acceptors (Lipinski definition) is 3. The van der Waals surface area contributed by atoms with Crippen LogP contribution in [-0.4, -0.2) is 44.8 Å². The highest BCUT2D eigenvalue weighted by Gasteiger charge is 2.36. The van der Waals surface area contributed by atoms with Gasteiger partial charge in [0.1, 0.15) is 5.69 Å². The number of aliphatic carboxylic acids is 1. The minimum absolute atomic E-state index is 0.160. The molecule has 0 unspecified atom stereocenters. The van der Waals surface area contributed by atoms with Gasteiger partial charge in [0.2, 0.25) is 0 Å². The summed E-state index contributed by atoms with van der Waals surface area (Å²) in [7, 11) is 1.68. The molecule has 6 heteroatoms. The fourth-order valence-electron chi connectivity index (χ4n) is 1.55. The number of likely N-dealkylation sites (tertiary alicyclic amines) is 1. The topological polar surface area (TPSA) is 75.4 Å². The predicted molar refractivity (Wildman–Crippen MR) is 50.2 cm³/mol. The molecule has 0 aliphatic carbocycles. The second-order valence-corrected chi connectivity index (χ2v) is 3.59. The maximum Gasteiger partial charge on any atom is 0.310 e. The van der Waals surface area contributed by atoms with Gasteiger partial charge in [-0.1, -0.05) is 0 Å². The number of carbonyl (C=O) groups is 2. The minimum Gasteiger partial charge on any atom is -0.481 e. The number of carboxylic acid groups (broad SMARTS) is 1. The van der Waals surface area contributed by atoms with Gasteiger partial charge in [0.25, 0.3) is 5.91 Å². The van der Waals surface area contributed by atoms with E-state index in [2.05, 4.69) is 5.10 Å². The molecule has 0 saturated carbocycles. The van der Waals surface area contributed by atoms with Crippen molar-refractivity contribution in [3.63, 3.8) is 0 Å². The molecule has 2 heterocycles.